The molecule has 24 heavy (non-hydrogen) atoms. The van der Waals surface area contributed by atoms with Gasteiger partial charge in [0.25, 0.3) is 0 Å². The zero-order valence-electron chi connectivity index (χ0n) is 14.0. The molecule has 0 aliphatic heterocycles. The van der Waals surface area contributed by atoms with Crippen LogP contribution < -0.4 is 0 Å². The van der Waals surface area contributed by atoms with Crippen LogP contribution >= 0.6 is 15.9 Å². The zero-order chi connectivity index (χ0) is 17.1. The fourth-order valence-electron chi connectivity index (χ4n) is 5.97. The van der Waals surface area contributed by atoms with Gasteiger partial charge in [0.2, 0.25) is 0 Å². The Morgan fingerprint density at radius 2 is 2.08 bits per heavy atom. The third-order valence-corrected chi connectivity index (χ3v) is 7.77. The third-order valence-electron chi connectivity index (χ3n) is 7.14. The number of aryl methyl sites for hydroxylation is 1. The number of fused-ring (bicyclic) bond motifs is 5. The van der Waals surface area contributed by atoms with Gasteiger partial charge in [-0.25, -0.2) is 4.39 Å². The molecule has 0 spiro atoms. The molecule has 2 saturated carbocycles. The number of alkyl halides is 1. The van der Waals surface area contributed by atoms with Gasteiger partial charge in [-0.05, 0) is 102 Å². The van der Waals surface area contributed by atoms with Crippen molar-refractivity contribution in [1.82, 2.24) is 0 Å². The predicted molar refractivity (Wildman–Crippen MR) is 94.9 cm³/mol. The van der Waals surface area contributed by atoms with Gasteiger partial charge in [-0.15, -0.1) is 0 Å². The monoisotopic (exact) mass is 394 g/mol. The molecule has 3 aliphatic rings. The van der Waals surface area contributed by atoms with Crippen molar-refractivity contribution < 1.29 is 14.3 Å². The number of hydrogen-bond donors (Lipinski definition) is 1. The van der Waals surface area contributed by atoms with Crippen LogP contribution in [-0.2, 0) is 11.2 Å². The summed E-state index contributed by atoms with van der Waals surface area (Å²) in [5.41, 5.74) is 2.15. The Hall–Kier alpha value is -0.900. The molecule has 1 unspecified atom stereocenters. The molecule has 0 amide bonds. The lowest BCUT2D eigenvalue weighted by molar-refractivity contribution is -0.149. The van der Waals surface area contributed by atoms with E-state index in [1.54, 1.807) is 0 Å². The highest BCUT2D eigenvalue weighted by Crippen LogP contribution is 2.60. The Morgan fingerprint density at radius 3 is 2.83 bits per heavy atom. The summed E-state index contributed by atoms with van der Waals surface area (Å²) < 4.78 is 14.9. The number of halogens is 2. The molecule has 0 bridgehead atoms. The molecule has 4 heteroatoms. The Balaban J connectivity index is 1.73. The Morgan fingerprint density at radius 1 is 1.29 bits per heavy atom. The summed E-state index contributed by atoms with van der Waals surface area (Å²) in [5.74, 6) is 1.43. The van der Waals surface area contributed by atoms with Crippen LogP contribution in [0, 0.1) is 17.3 Å². The highest BCUT2D eigenvalue weighted by Gasteiger charge is 2.57. The van der Waals surface area contributed by atoms with Crippen molar-refractivity contribution in [1.29, 1.82) is 0 Å². The van der Waals surface area contributed by atoms with Gasteiger partial charge in [-0.3, -0.25) is 4.79 Å². The minimum absolute atomic E-state index is 0.114. The number of carbonyl (C=O) groups excluding carboxylic acids is 1. The number of rotatable bonds is 1. The van der Waals surface area contributed by atoms with E-state index < -0.39 is 11.6 Å². The molecule has 0 radical (unpaired) electrons. The van der Waals surface area contributed by atoms with Gasteiger partial charge in [0.15, 0.2) is 12.0 Å². The molecule has 130 valence electrons. The van der Waals surface area contributed by atoms with Crippen molar-refractivity contribution in [2.75, 3.05) is 0 Å². The van der Waals surface area contributed by atoms with Crippen LogP contribution in [0.5, 0.6) is 5.75 Å². The molecule has 2 fully saturated rings. The minimum atomic E-state index is -1.25. The van der Waals surface area contributed by atoms with Crippen molar-refractivity contribution >= 4 is 21.7 Å². The van der Waals surface area contributed by atoms with Crippen molar-refractivity contribution in [2.24, 2.45) is 17.3 Å². The van der Waals surface area contributed by atoms with Crippen LogP contribution in [0.25, 0.3) is 0 Å². The predicted octanol–water partition coefficient (Wildman–Crippen LogP) is 5.31. The lowest BCUT2D eigenvalue weighted by atomic mass is 9.49. The van der Waals surface area contributed by atoms with Crippen LogP contribution in [0.4, 0.5) is 4.39 Å². The summed E-state index contributed by atoms with van der Waals surface area (Å²) in [6.45, 7) is 2.06. The number of phenols is 1. The van der Waals surface area contributed by atoms with Crippen molar-refractivity contribution in [3.8, 4) is 5.75 Å². The van der Waals surface area contributed by atoms with Gasteiger partial charge >= 0.3 is 0 Å². The van der Waals surface area contributed by atoms with Crippen molar-refractivity contribution in [3.05, 3.63) is 27.7 Å². The van der Waals surface area contributed by atoms with Crippen LogP contribution in [-0.4, -0.2) is 17.1 Å². The SMILES string of the molecule is CC[C@]12CC[C@@H]3c4cc(Br)c(O)cc4CC[C@H]3[C@@H]1CCC(F)C2=O. The number of carbonyl (C=O) groups is 1. The second-order valence-electron chi connectivity index (χ2n) is 7.88. The summed E-state index contributed by atoms with van der Waals surface area (Å²) in [6, 6.07) is 3.96. The van der Waals surface area contributed by atoms with Gasteiger partial charge in [0, 0.05) is 5.41 Å². The van der Waals surface area contributed by atoms with Crippen molar-refractivity contribution in [2.45, 2.75) is 64.0 Å². The number of benzene rings is 1. The lowest BCUT2D eigenvalue weighted by Gasteiger charge is -2.55. The van der Waals surface area contributed by atoms with E-state index in [0.29, 0.717) is 29.9 Å². The van der Waals surface area contributed by atoms with Gasteiger partial charge in [0.1, 0.15) is 5.75 Å². The van der Waals surface area contributed by atoms with Gasteiger partial charge in [-0.1, -0.05) is 6.92 Å². The molecular weight excluding hydrogens is 371 g/mol. The zero-order valence-corrected chi connectivity index (χ0v) is 15.6. The maximum absolute atomic E-state index is 14.2. The van der Waals surface area contributed by atoms with Crippen LogP contribution in [0.1, 0.15) is 62.5 Å². The van der Waals surface area contributed by atoms with E-state index in [2.05, 4.69) is 28.9 Å². The smallest absolute Gasteiger partial charge is 0.173 e. The Kier molecular flexibility index (Phi) is 4.02. The molecule has 1 aromatic rings. The average Bonchev–Trinajstić information content (AvgIpc) is 2.58. The molecule has 3 aliphatic carbocycles. The average molecular weight is 395 g/mol. The van der Waals surface area contributed by atoms with Gasteiger partial charge in [-0.2, -0.15) is 0 Å². The van der Waals surface area contributed by atoms with E-state index in [1.807, 2.05) is 6.07 Å². The number of hydrogen-bond acceptors (Lipinski definition) is 2. The van der Waals surface area contributed by atoms with Crippen LogP contribution in [0.15, 0.2) is 16.6 Å². The fraction of sp³-hybridized carbons (Fsp3) is 0.650. The van der Waals surface area contributed by atoms with E-state index >= 15 is 0 Å². The first-order chi connectivity index (χ1) is 11.5. The maximum atomic E-state index is 14.2. The minimum Gasteiger partial charge on any atom is -0.507 e. The second kappa shape index (κ2) is 5.82. The molecule has 1 N–H and O–H groups in total. The molecule has 2 nitrogen and oxygen atoms in total. The second-order valence-corrected chi connectivity index (χ2v) is 8.73. The first-order valence-electron chi connectivity index (χ1n) is 9.17. The topological polar surface area (TPSA) is 37.3 Å². The largest absolute Gasteiger partial charge is 0.507 e. The van der Waals surface area contributed by atoms with E-state index in [9.17, 15) is 14.3 Å². The standard InChI is InChI=1S/C20H24BrFO2/c1-2-20-8-7-12-13(15(20)5-6-17(22)19(20)24)4-3-11-9-18(23)16(21)10-14(11)12/h9-10,12-13,15,17,23H,2-8H2,1H3/t12-,13+,15-,17?,20-/m0/s1. The molecule has 0 heterocycles. The third kappa shape index (κ3) is 2.21. The summed E-state index contributed by atoms with van der Waals surface area (Å²) in [7, 11) is 0. The Labute approximate surface area is 151 Å². The number of Topliss-reactive ketones (excluding diaryl/α,β-unsaturated/α-hetero) is 1. The summed E-state index contributed by atoms with van der Waals surface area (Å²) >= 11 is 3.45. The van der Waals surface area contributed by atoms with Crippen LogP contribution in [0.2, 0.25) is 0 Å². The first kappa shape index (κ1) is 16.6. The van der Waals surface area contributed by atoms with E-state index in [1.165, 1.54) is 11.1 Å². The summed E-state index contributed by atoms with van der Waals surface area (Å²) in [5, 5.41) is 9.97. The number of ketones is 1. The number of aromatic hydroxyl groups is 1. The van der Waals surface area contributed by atoms with Crippen LogP contribution in [0.3, 0.4) is 0 Å². The Bertz CT molecular complexity index is 688. The van der Waals surface area contributed by atoms with E-state index in [0.717, 1.165) is 43.0 Å². The molecule has 4 rings (SSSR count). The quantitative estimate of drug-likeness (QED) is 0.700. The highest BCUT2D eigenvalue weighted by molar-refractivity contribution is 9.10. The lowest BCUT2D eigenvalue weighted by Crippen LogP contribution is -2.53. The molecule has 5 atom stereocenters. The maximum Gasteiger partial charge on any atom is 0.173 e. The van der Waals surface area contributed by atoms with Gasteiger partial charge < -0.3 is 5.11 Å². The molecule has 0 aromatic heterocycles. The highest BCUT2D eigenvalue weighted by atomic mass is 79.9. The van der Waals surface area contributed by atoms with E-state index in [-0.39, 0.29) is 5.78 Å². The molecule has 1 aromatic carbocycles. The van der Waals surface area contributed by atoms with E-state index in [4.69, 9.17) is 0 Å². The molecule has 0 saturated heterocycles. The normalized spacial score (nSPS) is 38.2. The summed E-state index contributed by atoms with van der Waals surface area (Å²) in [4.78, 5) is 12.7. The fourth-order valence-corrected chi connectivity index (χ4v) is 6.34. The first-order valence-corrected chi connectivity index (χ1v) is 9.97. The van der Waals surface area contributed by atoms with Gasteiger partial charge in [0.05, 0.1) is 4.47 Å². The number of phenolic OH excluding ortho intramolecular Hbond substituents is 1. The van der Waals surface area contributed by atoms with Crippen molar-refractivity contribution in [3.63, 3.8) is 0 Å². The molecular formula is C20H24BrFO2. The summed E-state index contributed by atoms with van der Waals surface area (Å²) in [6.07, 6.45) is 4.53.